The van der Waals surface area contributed by atoms with Crippen LogP contribution in [-0.2, 0) is 11.2 Å². The number of thiocarbonyl (C=S) groups is 1. The van der Waals surface area contributed by atoms with Gasteiger partial charge < -0.3 is 15.4 Å². The van der Waals surface area contributed by atoms with E-state index in [9.17, 15) is 9.59 Å². The number of nitrogens with one attached hydrogen (secondary N) is 3. The lowest BCUT2D eigenvalue weighted by atomic mass is 9.93. The molecule has 0 unspecified atom stereocenters. The van der Waals surface area contributed by atoms with E-state index in [0.29, 0.717) is 25.1 Å². The quantitative estimate of drug-likeness (QED) is 0.478. The van der Waals surface area contributed by atoms with Crippen molar-refractivity contribution in [1.82, 2.24) is 15.8 Å². The van der Waals surface area contributed by atoms with Gasteiger partial charge in [0.1, 0.15) is 11.3 Å². The number of carbonyl (C=O) groups excluding carboxylic acids is 2. The number of carbonyl (C=O) groups is 2. The van der Waals surface area contributed by atoms with Crippen LogP contribution in [0, 0.1) is 0 Å². The van der Waals surface area contributed by atoms with E-state index >= 15 is 0 Å². The summed E-state index contributed by atoms with van der Waals surface area (Å²) >= 11 is 5.25. The first-order valence-corrected chi connectivity index (χ1v) is 9.83. The first kappa shape index (κ1) is 20.6. The summed E-state index contributed by atoms with van der Waals surface area (Å²) in [5.41, 5.74) is 3.51. The molecule has 2 aromatic carbocycles. The van der Waals surface area contributed by atoms with Crippen LogP contribution in [0.15, 0.2) is 54.6 Å². The summed E-state index contributed by atoms with van der Waals surface area (Å²) in [4.78, 5) is 25.2. The molecule has 0 spiro atoms. The number of hydrogen-bond acceptors (Lipinski definition) is 4. The molecule has 0 aromatic heterocycles. The Hall–Kier alpha value is -3.13. The standard InChI is InChI=1S/C21H24N4O3S/c1-3-28-17-11-9-16(10-12-17)22-19(29)24-25-18(26)21(2,23-20(25)27)14-13-15-7-5-4-6-8-15/h4-12H,3,13-14H2,1-2H3,(H,23,27)(H2,22,24,29)/t21-/m0/s1. The van der Waals surface area contributed by atoms with Gasteiger partial charge in [0.15, 0.2) is 5.11 Å². The van der Waals surface area contributed by atoms with E-state index in [1.54, 1.807) is 19.1 Å². The number of urea groups is 1. The van der Waals surface area contributed by atoms with Crippen LogP contribution < -0.4 is 20.8 Å². The number of nitrogens with zero attached hydrogens (tertiary/aromatic N) is 1. The number of anilines is 1. The van der Waals surface area contributed by atoms with Crippen molar-refractivity contribution in [3.63, 3.8) is 0 Å². The van der Waals surface area contributed by atoms with E-state index in [1.807, 2.05) is 49.4 Å². The number of benzene rings is 2. The highest BCUT2D eigenvalue weighted by Crippen LogP contribution is 2.22. The van der Waals surface area contributed by atoms with Crippen molar-refractivity contribution in [3.05, 3.63) is 60.2 Å². The molecule has 1 fully saturated rings. The van der Waals surface area contributed by atoms with Crippen molar-refractivity contribution in [2.75, 3.05) is 11.9 Å². The maximum Gasteiger partial charge on any atom is 0.344 e. The van der Waals surface area contributed by atoms with E-state index in [1.165, 1.54) is 0 Å². The number of rotatable bonds is 7. The molecule has 3 amide bonds. The first-order valence-electron chi connectivity index (χ1n) is 9.42. The number of hydrazine groups is 1. The third kappa shape index (κ3) is 5.03. The lowest BCUT2D eigenvalue weighted by Gasteiger charge is -2.22. The molecule has 1 saturated heterocycles. The molecule has 7 nitrogen and oxygen atoms in total. The molecule has 0 radical (unpaired) electrons. The fourth-order valence-corrected chi connectivity index (χ4v) is 3.27. The SMILES string of the molecule is CCOc1ccc(NC(=S)NN2C(=O)N[C@@](C)(CCc3ccccc3)C2=O)cc1. The normalized spacial score (nSPS) is 18.3. The predicted octanol–water partition coefficient (Wildman–Crippen LogP) is 3.23. The second-order valence-corrected chi connectivity index (χ2v) is 7.32. The zero-order valence-electron chi connectivity index (χ0n) is 16.4. The monoisotopic (exact) mass is 412 g/mol. The number of ether oxygens (including phenoxy) is 1. The highest BCUT2D eigenvalue weighted by molar-refractivity contribution is 7.80. The fraction of sp³-hybridized carbons (Fsp3) is 0.286. The van der Waals surface area contributed by atoms with Crippen LogP contribution in [0.25, 0.3) is 0 Å². The van der Waals surface area contributed by atoms with Gasteiger partial charge in [-0.15, -0.1) is 0 Å². The molecule has 3 rings (SSSR count). The minimum Gasteiger partial charge on any atom is -0.494 e. The van der Waals surface area contributed by atoms with Gasteiger partial charge in [0.05, 0.1) is 6.61 Å². The first-order chi connectivity index (χ1) is 13.9. The van der Waals surface area contributed by atoms with Crippen LogP contribution in [0.1, 0.15) is 25.8 Å². The van der Waals surface area contributed by atoms with Gasteiger partial charge >= 0.3 is 6.03 Å². The molecule has 1 aliphatic heterocycles. The van der Waals surface area contributed by atoms with Crippen molar-refractivity contribution < 1.29 is 14.3 Å². The van der Waals surface area contributed by atoms with Crippen LogP contribution in [0.5, 0.6) is 5.75 Å². The molecule has 8 heteroatoms. The summed E-state index contributed by atoms with van der Waals surface area (Å²) in [6.45, 7) is 4.22. The Balaban J connectivity index is 1.58. The molecular formula is C21H24N4O3S. The average molecular weight is 413 g/mol. The van der Waals surface area contributed by atoms with Crippen molar-refractivity contribution in [2.45, 2.75) is 32.2 Å². The van der Waals surface area contributed by atoms with E-state index < -0.39 is 11.6 Å². The molecular weight excluding hydrogens is 388 g/mol. The third-order valence-corrected chi connectivity index (χ3v) is 4.85. The zero-order valence-corrected chi connectivity index (χ0v) is 17.2. The van der Waals surface area contributed by atoms with Crippen molar-refractivity contribution in [3.8, 4) is 5.75 Å². The number of imide groups is 1. The Kier molecular flexibility index (Phi) is 6.33. The lowest BCUT2D eigenvalue weighted by Crippen LogP contribution is -2.50. The topological polar surface area (TPSA) is 82.7 Å². The van der Waals surface area contributed by atoms with E-state index in [4.69, 9.17) is 17.0 Å². The van der Waals surface area contributed by atoms with Crippen LogP contribution >= 0.6 is 12.2 Å². The summed E-state index contributed by atoms with van der Waals surface area (Å²) in [5, 5.41) is 6.79. The zero-order chi connectivity index (χ0) is 20.9. The highest BCUT2D eigenvalue weighted by Gasteiger charge is 2.48. The molecule has 0 aliphatic carbocycles. The fourth-order valence-electron chi connectivity index (χ4n) is 3.06. The van der Waals surface area contributed by atoms with Crippen molar-refractivity contribution >= 4 is 35.0 Å². The molecule has 0 saturated carbocycles. The van der Waals surface area contributed by atoms with Gasteiger partial charge in [-0.1, -0.05) is 30.3 Å². The molecule has 152 valence electrons. The summed E-state index contributed by atoms with van der Waals surface area (Å²) in [6, 6.07) is 16.5. The lowest BCUT2D eigenvalue weighted by molar-refractivity contribution is -0.132. The van der Waals surface area contributed by atoms with Gasteiger partial charge in [-0.2, -0.15) is 5.01 Å². The Morgan fingerprint density at radius 2 is 1.83 bits per heavy atom. The van der Waals surface area contributed by atoms with Gasteiger partial charge in [-0.3, -0.25) is 10.2 Å². The van der Waals surface area contributed by atoms with Crippen LogP contribution in [0.3, 0.4) is 0 Å². The molecule has 29 heavy (non-hydrogen) atoms. The second-order valence-electron chi connectivity index (χ2n) is 6.91. The smallest absolute Gasteiger partial charge is 0.344 e. The van der Waals surface area contributed by atoms with Crippen LogP contribution in [0.2, 0.25) is 0 Å². The van der Waals surface area contributed by atoms with Crippen molar-refractivity contribution in [2.24, 2.45) is 0 Å². The average Bonchev–Trinajstić information content (AvgIpc) is 2.92. The number of amides is 3. The maximum atomic E-state index is 12.8. The second kappa shape index (κ2) is 8.91. The minimum atomic E-state index is -0.991. The van der Waals surface area contributed by atoms with Gasteiger partial charge in [-0.05, 0) is 68.7 Å². The van der Waals surface area contributed by atoms with Gasteiger partial charge in [0.2, 0.25) is 0 Å². The molecule has 0 bridgehead atoms. The predicted molar refractivity (Wildman–Crippen MR) is 116 cm³/mol. The van der Waals surface area contributed by atoms with E-state index in [0.717, 1.165) is 16.3 Å². The van der Waals surface area contributed by atoms with Crippen molar-refractivity contribution in [1.29, 1.82) is 0 Å². The maximum absolute atomic E-state index is 12.8. The van der Waals surface area contributed by atoms with E-state index in [-0.39, 0.29) is 11.0 Å². The van der Waals surface area contributed by atoms with E-state index in [2.05, 4.69) is 16.1 Å². The minimum absolute atomic E-state index is 0.143. The Labute approximate surface area is 175 Å². The van der Waals surface area contributed by atoms with Crippen LogP contribution in [-0.4, -0.2) is 34.2 Å². The molecule has 1 heterocycles. The van der Waals surface area contributed by atoms with Gasteiger partial charge in [0, 0.05) is 5.69 Å². The molecule has 3 N–H and O–H groups in total. The molecule has 1 atom stereocenters. The van der Waals surface area contributed by atoms with Crippen LogP contribution in [0.4, 0.5) is 10.5 Å². The summed E-state index contributed by atoms with van der Waals surface area (Å²) < 4.78 is 5.40. The van der Waals surface area contributed by atoms with Gasteiger partial charge in [0.25, 0.3) is 5.91 Å². The summed E-state index contributed by atoms with van der Waals surface area (Å²) in [5.74, 6) is 0.384. The van der Waals surface area contributed by atoms with Gasteiger partial charge in [-0.25, -0.2) is 4.79 Å². The third-order valence-electron chi connectivity index (χ3n) is 4.65. The highest BCUT2D eigenvalue weighted by atomic mass is 32.1. The Bertz CT molecular complexity index is 889. The number of aryl methyl sites for hydroxylation is 1. The molecule has 2 aromatic rings. The molecule has 1 aliphatic rings. The summed E-state index contributed by atoms with van der Waals surface area (Å²) in [6.07, 6.45) is 1.16. The Morgan fingerprint density at radius 3 is 2.48 bits per heavy atom. The number of hydrogen-bond donors (Lipinski definition) is 3. The Morgan fingerprint density at radius 1 is 1.14 bits per heavy atom. The largest absolute Gasteiger partial charge is 0.494 e. The summed E-state index contributed by atoms with van der Waals surface area (Å²) in [7, 11) is 0.